The molecule has 7 heteroatoms. The zero-order chi connectivity index (χ0) is 20.5. The van der Waals surface area contributed by atoms with Gasteiger partial charge in [0.05, 0.1) is 0 Å². The number of anilines is 1. The van der Waals surface area contributed by atoms with Gasteiger partial charge in [-0.1, -0.05) is 18.2 Å². The Bertz CT molecular complexity index is 805. The highest BCUT2D eigenvalue weighted by atomic mass is 32.2. The zero-order valence-corrected chi connectivity index (χ0v) is 18.7. The first-order chi connectivity index (χ1) is 14.2. The Morgan fingerprint density at radius 2 is 1.79 bits per heavy atom. The van der Waals surface area contributed by atoms with E-state index in [1.165, 1.54) is 28.8 Å². The summed E-state index contributed by atoms with van der Waals surface area (Å²) in [4.78, 5) is 6.75. The number of rotatable bonds is 7. The van der Waals surface area contributed by atoms with Crippen LogP contribution in [0.2, 0.25) is 0 Å². The molecule has 0 spiro atoms. The molecule has 1 fully saturated rings. The van der Waals surface area contributed by atoms with Gasteiger partial charge in [-0.25, -0.2) is 4.39 Å². The molecule has 0 saturated carbocycles. The molecule has 156 valence electrons. The highest BCUT2D eigenvalue weighted by Gasteiger charge is 2.11. The Morgan fingerprint density at radius 1 is 1.07 bits per heavy atom. The Balaban J connectivity index is 1.52. The van der Waals surface area contributed by atoms with Crippen LogP contribution in [0.1, 0.15) is 16.7 Å². The normalized spacial score (nSPS) is 14.7. The molecule has 1 saturated heterocycles. The minimum Gasteiger partial charge on any atom is -0.370 e. The molecule has 0 amide bonds. The molecule has 1 heterocycles. The predicted octanol–water partition coefficient (Wildman–Crippen LogP) is 4.11. The predicted molar refractivity (Wildman–Crippen MR) is 127 cm³/mol. The van der Waals surface area contributed by atoms with Gasteiger partial charge in [0.1, 0.15) is 5.82 Å². The third-order valence-corrected chi connectivity index (χ3v) is 6.45. The third-order valence-electron chi connectivity index (χ3n) is 4.91. The van der Waals surface area contributed by atoms with Crippen molar-refractivity contribution in [2.24, 2.45) is 4.99 Å². The average molecular weight is 433 g/mol. The largest absolute Gasteiger partial charge is 0.370 e. The summed E-state index contributed by atoms with van der Waals surface area (Å²) < 4.78 is 13.5. The van der Waals surface area contributed by atoms with E-state index in [2.05, 4.69) is 44.8 Å². The maximum absolute atomic E-state index is 13.5. The van der Waals surface area contributed by atoms with Crippen LogP contribution in [-0.2, 0) is 18.8 Å². The van der Waals surface area contributed by atoms with E-state index in [0.717, 1.165) is 35.9 Å². The maximum Gasteiger partial charge on any atom is 0.191 e. The molecule has 0 aliphatic carbocycles. The van der Waals surface area contributed by atoms with Gasteiger partial charge in [-0.2, -0.15) is 23.5 Å². The second kappa shape index (κ2) is 11.4. The SMILES string of the molecule is CN=C(NCc1ccc(N2CCSCC2)cc1)NCc1ccc(F)cc1CSC. The number of aliphatic imine (C=N–C) groups is 1. The summed E-state index contributed by atoms with van der Waals surface area (Å²) in [5.41, 5.74) is 4.63. The molecule has 3 rings (SSSR count). The molecular weight excluding hydrogens is 403 g/mol. The Hall–Kier alpha value is -1.86. The first kappa shape index (κ1) is 21.8. The fraction of sp³-hybridized carbons (Fsp3) is 0.409. The standard InChI is InChI=1S/C22H29FN4S2/c1-24-22(26-15-18-5-6-20(23)13-19(18)16-28-2)25-14-17-3-7-21(8-4-17)27-9-11-29-12-10-27/h3-8,13H,9-12,14-16H2,1-2H3,(H2,24,25,26). The fourth-order valence-electron chi connectivity index (χ4n) is 3.29. The molecular formula is C22H29FN4S2. The van der Waals surface area contributed by atoms with Crippen molar-refractivity contribution in [2.45, 2.75) is 18.8 Å². The average Bonchev–Trinajstić information content (AvgIpc) is 2.76. The zero-order valence-electron chi connectivity index (χ0n) is 17.1. The lowest BCUT2D eigenvalue weighted by Gasteiger charge is -2.28. The number of hydrogen-bond donors (Lipinski definition) is 2. The van der Waals surface area contributed by atoms with Gasteiger partial charge in [-0.15, -0.1) is 0 Å². The van der Waals surface area contributed by atoms with E-state index < -0.39 is 0 Å². The first-order valence-electron chi connectivity index (χ1n) is 9.82. The number of hydrogen-bond acceptors (Lipinski definition) is 4. The van der Waals surface area contributed by atoms with Crippen molar-refractivity contribution < 1.29 is 4.39 Å². The van der Waals surface area contributed by atoms with E-state index in [-0.39, 0.29) is 5.82 Å². The van der Waals surface area contributed by atoms with Gasteiger partial charge in [0.15, 0.2) is 5.96 Å². The number of nitrogens with one attached hydrogen (secondary N) is 2. The van der Waals surface area contributed by atoms with E-state index in [1.54, 1.807) is 24.9 Å². The Morgan fingerprint density at radius 3 is 2.48 bits per heavy atom. The van der Waals surface area contributed by atoms with Gasteiger partial charge in [-0.05, 0) is 47.2 Å². The van der Waals surface area contributed by atoms with Gasteiger partial charge in [0.2, 0.25) is 0 Å². The summed E-state index contributed by atoms with van der Waals surface area (Å²) in [5.74, 6) is 3.76. The summed E-state index contributed by atoms with van der Waals surface area (Å²) >= 11 is 3.72. The molecule has 29 heavy (non-hydrogen) atoms. The third kappa shape index (κ3) is 6.57. The maximum atomic E-state index is 13.5. The van der Waals surface area contributed by atoms with Crippen LogP contribution < -0.4 is 15.5 Å². The molecule has 0 atom stereocenters. The second-order valence-corrected chi connectivity index (χ2v) is 8.98. The molecule has 2 N–H and O–H groups in total. The van der Waals surface area contributed by atoms with Gasteiger partial charge >= 0.3 is 0 Å². The summed E-state index contributed by atoms with van der Waals surface area (Å²) in [6, 6.07) is 13.7. The quantitative estimate of drug-likeness (QED) is 0.509. The van der Waals surface area contributed by atoms with Crippen molar-refractivity contribution in [3.05, 3.63) is 65.0 Å². The number of guanidine groups is 1. The van der Waals surface area contributed by atoms with E-state index in [1.807, 2.05) is 24.1 Å². The Kier molecular flexibility index (Phi) is 8.55. The number of thioether (sulfide) groups is 2. The lowest BCUT2D eigenvalue weighted by atomic mass is 10.1. The lowest BCUT2D eigenvalue weighted by Crippen LogP contribution is -2.36. The lowest BCUT2D eigenvalue weighted by molar-refractivity contribution is 0.625. The van der Waals surface area contributed by atoms with Crippen molar-refractivity contribution in [1.82, 2.24) is 10.6 Å². The van der Waals surface area contributed by atoms with Crippen molar-refractivity contribution in [3.8, 4) is 0 Å². The van der Waals surface area contributed by atoms with Crippen LogP contribution in [0.5, 0.6) is 0 Å². The molecule has 0 radical (unpaired) electrons. The molecule has 2 aromatic rings. The van der Waals surface area contributed by atoms with Crippen molar-refractivity contribution in [1.29, 1.82) is 0 Å². The van der Waals surface area contributed by atoms with Gasteiger partial charge < -0.3 is 15.5 Å². The topological polar surface area (TPSA) is 39.7 Å². The highest BCUT2D eigenvalue weighted by Crippen LogP contribution is 2.20. The van der Waals surface area contributed by atoms with Crippen LogP contribution in [0.25, 0.3) is 0 Å². The molecule has 4 nitrogen and oxygen atoms in total. The van der Waals surface area contributed by atoms with Crippen molar-refractivity contribution in [2.75, 3.05) is 42.8 Å². The van der Waals surface area contributed by atoms with Crippen molar-refractivity contribution >= 4 is 35.2 Å². The van der Waals surface area contributed by atoms with Crippen molar-refractivity contribution in [3.63, 3.8) is 0 Å². The van der Waals surface area contributed by atoms with Crippen LogP contribution >= 0.6 is 23.5 Å². The molecule has 1 aliphatic rings. The van der Waals surface area contributed by atoms with Crippen LogP contribution in [-0.4, -0.2) is 43.9 Å². The Labute approximate surface area is 181 Å². The molecule has 2 aromatic carbocycles. The molecule has 0 unspecified atom stereocenters. The van der Waals surface area contributed by atoms with E-state index in [4.69, 9.17) is 0 Å². The summed E-state index contributed by atoms with van der Waals surface area (Å²) in [5, 5.41) is 6.69. The first-order valence-corrected chi connectivity index (χ1v) is 12.4. The van der Waals surface area contributed by atoms with Gasteiger partial charge in [0, 0.05) is 56.2 Å². The number of benzene rings is 2. The van der Waals surface area contributed by atoms with Crippen LogP contribution in [0, 0.1) is 5.82 Å². The van der Waals surface area contributed by atoms with Crippen LogP contribution in [0.3, 0.4) is 0 Å². The number of nitrogens with zero attached hydrogens (tertiary/aromatic N) is 2. The molecule has 1 aliphatic heterocycles. The van der Waals surface area contributed by atoms with Crippen LogP contribution in [0.15, 0.2) is 47.5 Å². The minimum atomic E-state index is -0.188. The monoisotopic (exact) mass is 432 g/mol. The summed E-state index contributed by atoms with van der Waals surface area (Å²) in [6.45, 7) is 3.57. The van der Waals surface area contributed by atoms with E-state index >= 15 is 0 Å². The molecule has 0 aromatic heterocycles. The van der Waals surface area contributed by atoms with E-state index in [9.17, 15) is 4.39 Å². The van der Waals surface area contributed by atoms with Gasteiger partial charge in [-0.3, -0.25) is 4.99 Å². The van der Waals surface area contributed by atoms with Gasteiger partial charge in [0.25, 0.3) is 0 Å². The second-order valence-electron chi connectivity index (χ2n) is 6.89. The summed E-state index contributed by atoms with van der Waals surface area (Å²) in [7, 11) is 1.76. The minimum absolute atomic E-state index is 0.188. The smallest absolute Gasteiger partial charge is 0.191 e. The van der Waals surface area contributed by atoms with Crippen LogP contribution in [0.4, 0.5) is 10.1 Å². The van der Waals surface area contributed by atoms with E-state index in [0.29, 0.717) is 13.1 Å². The highest BCUT2D eigenvalue weighted by molar-refractivity contribution is 7.99. The molecule has 0 bridgehead atoms. The fourth-order valence-corrected chi connectivity index (χ4v) is 4.77. The summed E-state index contributed by atoms with van der Waals surface area (Å²) in [6.07, 6.45) is 2.03. The number of halogens is 1.